The van der Waals surface area contributed by atoms with Gasteiger partial charge in [0.15, 0.2) is 0 Å². The lowest BCUT2D eigenvalue weighted by molar-refractivity contribution is 1.10. The number of hydrogen-bond acceptors (Lipinski definition) is 1. The first-order valence-corrected chi connectivity index (χ1v) is 20.4. The van der Waals surface area contributed by atoms with Crippen LogP contribution in [0.1, 0.15) is 0 Å². The fourth-order valence-corrected chi connectivity index (χ4v) is 9.93. The van der Waals surface area contributed by atoms with Crippen molar-refractivity contribution in [2.45, 2.75) is 0 Å². The average Bonchev–Trinajstić information content (AvgIpc) is 3.70. The summed E-state index contributed by atoms with van der Waals surface area (Å²) in [4.78, 5) is 5.11. The molecule has 272 valence electrons. The third kappa shape index (κ3) is 4.84. The summed E-state index contributed by atoms with van der Waals surface area (Å²) in [5.41, 5.74) is 9.12. The second kappa shape index (κ2) is 12.3. The predicted octanol–water partition coefficient (Wildman–Crippen LogP) is 15.5. The summed E-state index contributed by atoms with van der Waals surface area (Å²) in [5, 5.41) is 18.0. The maximum atomic E-state index is 5.11. The monoisotopic (exact) mass is 746 g/mol. The Morgan fingerprint density at radius 3 is 1.42 bits per heavy atom. The molecule has 0 N–H and O–H groups in total. The number of aromatic nitrogens is 2. The molecule has 0 aliphatic rings. The molecule has 0 atom stereocenters. The van der Waals surface area contributed by atoms with Crippen LogP contribution in [0, 0.1) is 0 Å². The van der Waals surface area contributed by atoms with Crippen LogP contribution in [0.2, 0.25) is 0 Å². The Morgan fingerprint density at radius 1 is 0.288 bits per heavy atom. The predicted molar refractivity (Wildman–Crippen MR) is 251 cm³/mol. The van der Waals surface area contributed by atoms with Gasteiger partial charge in [0.2, 0.25) is 0 Å². The standard InChI is InChI=1S/C57H34N2/c1-2-12-46(13-3-1)59-52-18-5-4-17-51(52)58-57(59)44-30-28-41-31-40(26-27-42(41)32-44)35-19-21-36(22-20-35)45-33-43-29-25-39-10-7-15-48-47-14-6-9-37-23-24-38-11-8-16-49(55(38)53(37)47)50(34-45)56(43)54(39)48/h1-34H. The van der Waals surface area contributed by atoms with E-state index >= 15 is 0 Å². The molecule has 0 saturated carbocycles. The zero-order chi connectivity index (χ0) is 38.6. The van der Waals surface area contributed by atoms with Crippen molar-refractivity contribution in [3.05, 3.63) is 206 Å². The van der Waals surface area contributed by atoms with Crippen molar-refractivity contribution in [3.63, 3.8) is 0 Å². The maximum absolute atomic E-state index is 5.11. The third-order valence-corrected chi connectivity index (χ3v) is 12.6. The van der Waals surface area contributed by atoms with Crippen molar-refractivity contribution in [3.8, 4) is 39.3 Å². The van der Waals surface area contributed by atoms with Gasteiger partial charge in [0.25, 0.3) is 0 Å². The molecule has 0 amide bonds. The first-order valence-electron chi connectivity index (χ1n) is 20.4. The normalized spacial score (nSPS) is 12.1. The van der Waals surface area contributed by atoms with E-state index in [-0.39, 0.29) is 0 Å². The Balaban J connectivity index is 0.929. The Hall–Kier alpha value is -7.81. The van der Waals surface area contributed by atoms with Gasteiger partial charge in [0, 0.05) is 11.3 Å². The highest BCUT2D eigenvalue weighted by atomic mass is 15.1. The van der Waals surface area contributed by atoms with Crippen molar-refractivity contribution < 1.29 is 0 Å². The van der Waals surface area contributed by atoms with E-state index in [1.165, 1.54) is 97.7 Å². The van der Waals surface area contributed by atoms with E-state index in [1.54, 1.807) is 0 Å². The molecule has 59 heavy (non-hydrogen) atoms. The molecule has 1 heterocycles. The molecule has 12 aromatic carbocycles. The van der Waals surface area contributed by atoms with E-state index in [9.17, 15) is 0 Å². The fourth-order valence-electron chi connectivity index (χ4n) is 9.93. The Bertz CT molecular complexity index is 3810. The van der Waals surface area contributed by atoms with Crippen molar-refractivity contribution in [2.24, 2.45) is 0 Å². The van der Waals surface area contributed by atoms with Gasteiger partial charge in [0.1, 0.15) is 5.82 Å². The fraction of sp³-hybridized carbons (Fsp3) is 0. The highest BCUT2D eigenvalue weighted by Crippen LogP contribution is 2.44. The molecule has 0 spiro atoms. The van der Waals surface area contributed by atoms with E-state index in [2.05, 4.69) is 211 Å². The Labute approximate surface area is 340 Å². The summed E-state index contributed by atoms with van der Waals surface area (Å²) >= 11 is 0. The lowest BCUT2D eigenvalue weighted by Gasteiger charge is -2.17. The van der Waals surface area contributed by atoms with Crippen LogP contribution in [0.3, 0.4) is 0 Å². The molecular weight excluding hydrogens is 713 g/mol. The van der Waals surface area contributed by atoms with Crippen molar-refractivity contribution >= 4 is 86.4 Å². The van der Waals surface area contributed by atoms with Crippen LogP contribution in [0.4, 0.5) is 0 Å². The van der Waals surface area contributed by atoms with E-state index in [0.29, 0.717) is 0 Å². The first kappa shape index (κ1) is 32.3. The third-order valence-electron chi connectivity index (χ3n) is 12.6. The van der Waals surface area contributed by atoms with Gasteiger partial charge in [-0.2, -0.15) is 0 Å². The van der Waals surface area contributed by atoms with E-state index < -0.39 is 0 Å². The second-order valence-electron chi connectivity index (χ2n) is 15.9. The lowest BCUT2D eigenvalue weighted by atomic mass is 9.86. The first-order chi connectivity index (χ1) is 29.2. The maximum Gasteiger partial charge on any atom is 0.145 e. The van der Waals surface area contributed by atoms with Gasteiger partial charge < -0.3 is 0 Å². The number of benzene rings is 11. The van der Waals surface area contributed by atoms with Gasteiger partial charge in [0.05, 0.1) is 11.0 Å². The van der Waals surface area contributed by atoms with Crippen LogP contribution in [0.15, 0.2) is 206 Å². The molecule has 0 bridgehead atoms. The lowest BCUT2D eigenvalue weighted by Crippen LogP contribution is -1.97. The SMILES string of the molecule is c1ccc(-n2c(-c3ccc4cc(-c5ccc(-c6cc7ccc8cccc9c%10cccc%11ccc%12cccc(c(c6)c7c89)c%12c%11%10)cc5)ccc4c3)nc3ccccc32)cc1. The van der Waals surface area contributed by atoms with Gasteiger partial charge in [-0.3, -0.25) is 4.57 Å². The van der Waals surface area contributed by atoms with Gasteiger partial charge in [-0.15, -0.1) is 0 Å². The Kier molecular flexibility index (Phi) is 6.76. The van der Waals surface area contributed by atoms with Crippen LogP contribution in [-0.4, -0.2) is 9.55 Å². The smallest absolute Gasteiger partial charge is 0.145 e. The largest absolute Gasteiger partial charge is 0.292 e. The zero-order valence-electron chi connectivity index (χ0n) is 32.0. The highest BCUT2D eigenvalue weighted by molar-refractivity contribution is 6.37. The van der Waals surface area contributed by atoms with E-state index in [1.807, 2.05) is 0 Å². The topological polar surface area (TPSA) is 17.8 Å². The summed E-state index contributed by atoms with van der Waals surface area (Å²) in [7, 11) is 0. The van der Waals surface area contributed by atoms with Crippen molar-refractivity contribution in [1.29, 1.82) is 0 Å². The molecule has 0 saturated heterocycles. The minimum atomic E-state index is 0.945. The average molecular weight is 747 g/mol. The summed E-state index contributed by atoms with van der Waals surface area (Å²) < 4.78 is 2.26. The molecule has 13 rings (SSSR count). The number of fused-ring (bicyclic) bond motifs is 4. The molecule has 0 aliphatic carbocycles. The minimum Gasteiger partial charge on any atom is -0.292 e. The van der Waals surface area contributed by atoms with Crippen LogP contribution >= 0.6 is 0 Å². The highest BCUT2D eigenvalue weighted by Gasteiger charge is 2.18. The molecule has 0 aliphatic heterocycles. The van der Waals surface area contributed by atoms with Crippen LogP contribution in [-0.2, 0) is 0 Å². The summed E-state index contributed by atoms with van der Waals surface area (Å²) in [6.07, 6.45) is 0. The van der Waals surface area contributed by atoms with Crippen LogP contribution < -0.4 is 0 Å². The molecule has 2 nitrogen and oxygen atoms in total. The van der Waals surface area contributed by atoms with E-state index in [4.69, 9.17) is 4.98 Å². The summed E-state index contributed by atoms with van der Waals surface area (Å²) in [5.74, 6) is 0.945. The summed E-state index contributed by atoms with van der Waals surface area (Å²) in [6, 6.07) is 75.9. The van der Waals surface area contributed by atoms with Crippen molar-refractivity contribution in [1.82, 2.24) is 9.55 Å². The van der Waals surface area contributed by atoms with Crippen molar-refractivity contribution in [2.75, 3.05) is 0 Å². The Morgan fingerprint density at radius 2 is 0.763 bits per heavy atom. The quantitative estimate of drug-likeness (QED) is 0.164. The van der Waals surface area contributed by atoms with Gasteiger partial charge >= 0.3 is 0 Å². The van der Waals surface area contributed by atoms with Crippen LogP contribution in [0.5, 0.6) is 0 Å². The molecule has 0 fully saturated rings. The molecule has 0 unspecified atom stereocenters. The molecule has 1 aromatic heterocycles. The van der Waals surface area contributed by atoms with Gasteiger partial charge in [-0.1, -0.05) is 158 Å². The second-order valence-corrected chi connectivity index (χ2v) is 15.9. The number of nitrogens with zero attached hydrogens (tertiary/aromatic N) is 2. The van der Waals surface area contributed by atoms with Gasteiger partial charge in [-0.25, -0.2) is 4.98 Å². The summed E-state index contributed by atoms with van der Waals surface area (Å²) in [6.45, 7) is 0. The number of rotatable bonds is 4. The van der Waals surface area contributed by atoms with Crippen LogP contribution in [0.25, 0.3) is 126 Å². The molecule has 0 radical (unpaired) electrons. The number of hydrogen-bond donors (Lipinski definition) is 0. The number of para-hydroxylation sites is 3. The minimum absolute atomic E-state index is 0.945. The molecular formula is C57H34N2. The number of imidazole rings is 1. The van der Waals surface area contributed by atoms with E-state index in [0.717, 1.165) is 28.1 Å². The zero-order valence-corrected chi connectivity index (χ0v) is 32.0. The van der Waals surface area contributed by atoms with Gasteiger partial charge in [-0.05, 0) is 146 Å². The molecule has 2 heteroatoms. The molecule has 13 aromatic rings.